The van der Waals surface area contributed by atoms with Gasteiger partial charge < -0.3 is 4.74 Å². The molecule has 0 aromatic carbocycles. The highest BCUT2D eigenvalue weighted by atomic mass is 19.1. The van der Waals surface area contributed by atoms with Crippen molar-refractivity contribution in [3.05, 3.63) is 0 Å². The first kappa shape index (κ1) is 6.56. The third-order valence-electron chi connectivity index (χ3n) is 0.382. The van der Waals surface area contributed by atoms with E-state index in [2.05, 4.69) is 4.74 Å². The Kier molecular flexibility index (Phi) is 3.50. The Morgan fingerprint density at radius 3 is 2.57 bits per heavy atom. The second-order valence-corrected chi connectivity index (χ2v) is 1.16. The summed E-state index contributed by atoms with van der Waals surface area (Å²) >= 11 is 0. The molecule has 0 N–H and O–H groups in total. The fourth-order valence-corrected chi connectivity index (χ4v) is 0.182. The van der Waals surface area contributed by atoms with Gasteiger partial charge in [0.2, 0.25) is 0 Å². The quantitative estimate of drug-likeness (QED) is 0.524. The van der Waals surface area contributed by atoms with Crippen LogP contribution in [0.5, 0.6) is 0 Å². The minimum Gasteiger partial charge on any atom is -0.343 e. The normalized spacial score (nSPS) is 8.86. The van der Waals surface area contributed by atoms with Gasteiger partial charge in [0.1, 0.15) is 6.61 Å². The van der Waals surface area contributed by atoms with Crippen LogP contribution in [0, 0.1) is 0 Å². The van der Waals surface area contributed by atoms with E-state index in [1.54, 1.807) is 0 Å². The highest BCUT2D eigenvalue weighted by molar-refractivity contribution is 5.76. The van der Waals surface area contributed by atoms with E-state index in [1.165, 1.54) is 6.92 Å². The first-order valence-corrected chi connectivity index (χ1v) is 1.90. The summed E-state index contributed by atoms with van der Waals surface area (Å²) in [4.78, 5) is 9.91. The number of hydrogen-bond donors (Lipinski definition) is 0. The van der Waals surface area contributed by atoms with Crippen LogP contribution in [0.1, 0.15) is 6.92 Å². The number of carbonyl (C=O) groups is 1. The monoisotopic (exact) mass is 106 g/mol. The largest absolute Gasteiger partial charge is 0.343 e. The second-order valence-electron chi connectivity index (χ2n) is 1.16. The summed E-state index contributed by atoms with van der Waals surface area (Å²) < 4.78 is 15.1. The number of hydrogen-bond acceptors (Lipinski definition) is 2. The molecule has 0 aromatic heterocycles. The molecule has 7 heavy (non-hydrogen) atoms. The molecule has 0 rings (SSSR count). The minimum absolute atomic E-state index is 0.115. The van der Waals surface area contributed by atoms with Gasteiger partial charge in [-0.15, -0.1) is 0 Å². The van der Waals surface area contributed by atoms with E-state index in [9.17, 15) is 9.18 Å². The molecule has 0 aromatic rings. The van der Waals surface area contributed by atoms with Crippen molar-refractivity contribution in [1.29, 1.82) is 0 Å². The Hall–Kier alpha value is -0.440. The van der Waals surface area contributed by atoms with Crippen molar-refractivity contribution in [2.45, 2.75) is 6.92 Å². The third kappa shape index (κ3) is 5.56. The van der Waals surface area contributed by atoms with Gasteiger partial charge in [-0.1, -0.05) is 0 Å². The number of carbonyl (C=O) groups excluding carboxylic acids is 1. The van der Waals surface area contributed by atoms with E-state index in [0.29, 0.717) is 0 Å². The molecule has 0 atom stereocenters. The Labute approximate surface area is 41.3 Å². The van der Waals surface area contributed by atoms with Crippen molar-refractivity contribution >= 4 is 5.78 Å². The fraction of sp³-hybridized carbons (Fsp3) is 0.750. The molecule has 0 aliphatic rings. The van der Waals surface area contributed by atoms with Crippen LogP contribution >= 0.6 is 0 Å². The van der Waals surface area contributed by atoms with Crippen LogP contribution in [0.15, 0.2) is 0 Å². The maximum atomic E-state index is 11.0. The lowest BCUT2D eigenvalue weighted by atomic mass is 10.5. The molecule has 0 heterocycles. The van der Waals surface area contributed by atoms with Gasteiger partial charge in [0, 0.05) is 0 Å². The number of Topliss-reactive ketones (excluding diaryl/α,β-unsaturated/α-hetero) is 1. The average molecular weight is 106 g/mol. The summed E-state index contributed by atoms with van der Waals surface area (Å²) in [7, 11) is 0. The van der Waals surface area contributed by atoms with Gasteiger partial charge in [0.15, 0.2) is 12.6 Å². The van der Waals surface area contributed by atoms with Crippen LogP contribution in [0.25, 0.3) is 0 Å². The van der Waals surface area contributed by atoms with Gasteiger partial charge in [0.05, 0.1) is 0 Å². The molecule has 0 saturated heterocycles. The first-order valence-electron chi connectivity index (χ1n) is 1.90. The highest BCUT2D eigenvalue weighted by Gasteiger charge is 1.88. The summed E-state index contributed by atoms with van der Waals surface area (Å²) in [5.41, 5.74) is 0. The van der Waals surface area contributed by atoms with Crippen LogP contribution in [0.3, 0.4) is 0 Å². The van der Waals surface area contributed by atoms with Crippen molar-refractivity contribution in [2.75, 3.05) is 13.5 Å². The molecule has 0 bridgehead atoms. The summed E-state index contributed by atoms with van der Waals surface area (Å²) in [6.45, 7) is 0.353. The molecule has 3 heteroatoms. The SMILES string of the molecule is CC(=O)COCF. The molecule has 2 nitrogen and oxygen atoms in total. The van der Waals surface area contributed by atoms with Crippen molar-refractivity contribution in [1.82, 2.24) is 0 Å². The van der Waals surface area contributed by atoms with Crippen LogP contribution in [0.2, 0.25) is 0 Å². The molecule has 0 fully saturated rings. The first-order chi connectivity index (χ1) is 3.27. The molecule has 0 radical (unpaired) electrons. The Balaban J connectivity index is 2.82. The molecule has 0 saturated carbocycles. The summed E-state index contributed by atoms with van der Waals surface area (Å²) in [5.74, 6) is -0.155. The number of alkyl halides is 1. The fourth-order valence-electron chi connectivity index (χ4n) is 0.182. The van der Waals surface area contributed by atoms with E-state index in [-0.39, 0.29) is 12.4 Å². The number of ketones is 1. The maximum Gasteiger partial charge on any atom is 0.188 e. The molecular weight excluding hydrogens is 99.0 g/mol. The third-order valence-corrected chi connectivity index (χ3v) is 0.382. The van der Waals surface area contributed by atoms with Gasteiger partial charge in [-0.2, -0.15) is 0 Å². The lowest BCUT2D eigenvalue weighted by Gasteiger charge is -1.88. The van der Waals surface area contributed by atoms with Gasteiger partial charge >= 0.3 is 0 Å². The zero-order valence-corrected chi connectivity index (χ0v) is 4.11. The second kappa shape index (κ2) is 3.74. The molecule has 0 amide bonds. The highest BCUT2D eigenvalue weighted by Crippen LogP contribution is 1.74. The predicted octanol–water partition coefficient (Wildman–Crippen LogP) is 0.519. The van der Waals surface area contributed by atoms with Crippen LogP contribution in [0.4, 0.5) is 4.39 Å². The van der Waals surface area contributed by atoms with Gasteiger partial charge in [-0.05, 0) is 6.92 Å². The zero-order chi connectivity index (χ0) is 5.70. The van der Waals surface area contributed by atoms with Gasteiger partial charge in [-0.25, -0.2) is 4.39 Å². The Morgan fingerprint density at radius 2 is 2.43 bits per heavy atom. The predicted molar refractivity (Wildman–Crippen MR) is 22.6 cm³/mol. The van der Waals surface area contributed by atoms with Crippen molar-refractivity contribution in [3.8, 4) is 0 Å². The smallest absolute Gasteiger partial charge is 0.188 e. The number of rotatable bonds is 3. The van der Waals surface area contributed by atoms with Crippen LogP contribution in [-0.4, -0.2) is 19.3 Å². The van der Waals surface area contributed by atoms with Crippen LogP contribution in [-0.2, 0) is 9.53 Å². The van der Waals surface area contributed by atoms with Crippen molar-refractivity contribution in [2.24, 2.45) is 0 Å². The van der Waals surface area contributed by atoms with E-state index in [0.717, 1.165) is 0 Å². The van der Waals surface area contributed by atoms with E-state index >= 15 is 0 Å². The molecule has 42 valence electrons. The van der Waals surface area contributed by atoms with Gasteiger partial charge in [-0.3, -0.25) is 4.79 Å². The number of halogens is 1. The minimum atomic E-state index is -0.875. The van der Waals surface area contributed by atoms with Crippen molar-refractivity contribution < 1.29 is 13.9 Å². The molecule has 0 spiro atoms. The summed E-state index contributed by atoms with van der Waals surface area (Å²) in [6.07, 6.45) is 0. The average Bonchev–Trinajstić information content (AvgIpc) is 1.61. The van der Waals surface area contributed by atoms with Crippen molar-refractivity contribution in [3.63, 3.8) is 0 Å². The van der Waals surface area contributed by atoms with Crippen LogP contribution < -0.4 is 0 Å². The van der Waals surface area contributed by atoms with Gasteiger partial charge in [0.25, 0.3) is 0 Å². The van der Waals surface area contributed by atoms with E-state index in [4.69, 9.17) is 0 Å². The molecule has 0 aliphatic carbocycles. The molecule has 0 aliphatic heterocycles. The lowest BCUT2D eigenvalue weighted by Crippen LogP contribution is -2.01. The zero-order valence-electron chi connectivity index (χ0n) is 4.11. The molecular formula is C4H7FO2. The summed E-state index contributed by atoms with van der Waals surface area (Å²) in [6, 6.07) is 0. The van der Waals surface area contributed by atoms with E-state index in [1.807, 2.05) is 0 Å². The Bertz CT molecular complexity index is 62.7. The molecule has 0 unspecified atom stereocenters. The standard InChI is InChI=1S/C4H7FO2/c1-4(6)2-7-3-5/h2-3H2,1H3. The summed E-state index contributed by atoms with van der Waals surface area (Å²) in [5, 5.41) is 0. The maximum absolute atomic E-state index is 11.0. The van der Waals surface area contributed by atoms with E-state index < -0.39 is 6.86 Å². The Morgan fingerprint density at radius 1 is 1.86 bits per heavy atom. The lowest BCUT2D eigenvalue weighted by molar-refractivity contribution is -0.122. The topological polar surface area (TPSA) is 26.3 Å². The number of ether oxygens (including phenoxy) is 1.